The molecule has 0 saturated heterocycles. The quantitative estimate of drug-likeness (QED) is 0.484. The number of benzene rings is 2. The van der Waals surface area contributed by atoms with Gasteiger partial charge in [0, 0.05) is 14.1 Å². The average Bonchev–Trinajstić information content (AvgIpc) is 2.67. The summed E-state index contributed by atoms with van der Waals surface area (Å²) in [6.07, 6.45) is 0. The molecule has 0 fully saturated rings. The van der Waals surface area contributed by atoms with E-state index in [0.29, 0.717) is 20.4 Å². The molecule has 2 heterocycles. The fourth-order valence-corrected chi connectivity index (χ4v) is 3.14. The van der Waals surface area contributed by atoms with E-state index in [4.69, 9.17) is 0 Å². The lowest BCUT2D eigenvalue weighted by Crippen LogP contribution is -2.53. The van der Waals surface area contributed by atoms with E-state index in [2.05, 4.69) is 0 Å². The summed E-state index contributed by atoms with van der Waals surface area (Å²) in [5.41, 5.74) is -2.16. The van der Waals surface area contributed by atoms with Crippen molar-refractivity contribution >= 4 is 21.8 Å². The van der Waals surface area contributed by atoms with E-state index in [0.717, 1.165) is 0 Å². The maximum atomic E-state index is 12.9. The highest BCUT2D eigenvalue weighted by Gasteiger charge is 2.18. The molecule has 0 amide bonds. The van der Waals surface area contributed by atoms with Crippen molar-refractivity contribution in [3.05, 3.63) is 90.2 Å². The molecule has 0 unspecified atom stereocenters. The standard InChI is InChI=1S/C18H14N4O4/c1-19-13-9-5-3-7-11(13)15(23)21(17(19)25)22-16(24)12-8-4-6-10-14(12)20(2)18(22)26/h3-10H,1-2H3. The monoisotopic (exact) mass is 350 g/mol. The van der Waals surface area contributed by atoms with E-state index in [9.17, 15) is 19.2 Å². The van der Waals surface area contributed by atoms with Gasteiger partial charge in [0.1, 0.15) is 0 Å². The molecule has 0 saturated carbocycles. The molecule has 0 aliphatic heterocycles. The van der Waals surface area contributed by atoms with Crippen LogP contribution in [0, 0.1) is 0 Å². The molecule has 0 atom stereocenters. The van der Waals surface area contributed by atoms with Gasteiger partial charge in [-0.2, -0.15) is 9.35 Å². The van der Waals surface area contributed by atoms with Crippen LogP contribution in [0.2, 0.25) is 0 Å². The highest BCUT2D eigenvalue weighted by atomic mass is 16.2. The van der Waals surface area contributed by atoms with Crippen molar-refractivity contribution in [2.45, 2.75) is 0 Å². The molecule has 0 radical (unpaired) electrons. The predicted octanol–water partition coefficient (Wildman–Crippen LogP) is 0.0252. The smallest absolute Gasteiger partial charge is 0.295 e. The van der Waals surface area contributed by atoms with Gasteiger partial charge in [0.25, 0.3) is 11.1 Å². The van der Waals surface area contributed by atoms with Crippen LogP contribution in [0.25, 0.3) is 21.8 Å². The van der Waals surface area contributed by atoms with Crippen LogP contribution in [0.5, 0.6) is 0 Å². The lowest BCUT2D eigenvalue weighted by Gasteiger charge is -2.14. The first-order chi connectivity index (χ1) is 12.4. The Balaban J connectivity index is 2.30. The third kappa shape index (κ3) is 1.95. The SMILES string of the molecule is Cn1c(=O)n(-n2c(=O)c3ccccc3n(C)c2=O)c(=O)c2ccccc21. The van der Waals surface area contributed by atoms with Crippen LogP contribution < -0.4 is 22.5 Å². The molecule has 0 spiro atoms. The summed E-state index contributed by atoms with van der Waals surface area (Å²) in [6.45, 7) is 0. The molecule has 0 N–H and O–H groups in total. The topological polar surface area (TPSA) is 88.0 Å². The van der Waals surface area contributed by atoms with Gasteiger partial charge in [0.2, 0.25) is 0 Å². The first-order valence-electron chi connectivity index (χ1n) is 7.85. The zero-order valence-electron chi connectivity index (χ0n) is 14.0. The van der Waals surface area contributed by atoms with Crippen LogP contribution in [-0.4, -0.2) is 18.5 Å². The van der Waals surface area contributed by atoms with Crippen molar-refractivity contribution in [3.63, 3.8) is 0 Å². The summed E-state index contributed by atoms with van der Waals surface area (Å²) in [7, 11) is 2.97. The van der Waals surface area contributed by atoms with Crippen molar-refractivity contribution < 1.29 is 0 Å². The predicted molar refractivity (Wildman–Crippen MR) is 97.7 cm³/mol. The van der Waals surface area contributed by atoms with E-state index < -0.39 is 22.5 Å². The first-order valence-corrected chi connectivity index (χ1v) is 7.85. The fourth-order valence-electron chi connectivity index (χ4n) is 3.14. The number of aryl methyl sites for hydroxylation is 2. The Kier molecular flexibility index (Phi) is 3.30. The second-order valence-corrected chi connectivity index (χ2v) is 5.95. The van der Waals surface area contributed by atoms with Gasteiger partial charge in [-0.15, -0.1) is 0 Å². The lowest BCUT2D eigenvalue weighted by molar-refractivity contribution is 0.511. The Morgan fingerprint density at radius 2 is 0.923 bits per heavy atom. The maximum absolute atomic E-state index is 12.9. The van der Waals surface area contributed by atoms with Gasteiger partial charge >= 0.3 is 11.4 Å². The van der Waals surface area contributed by atoms with Gasteiger partial charge < -0.3 is 0 Å². The minimum Gasteiger partial charge on any atom is -0.295 e. The summed E-state index contributed by atoms with van der Waals surface area (Å²) in [5, 5.41) is 0.466. The molecule has 4 aromatic rings. The van der Waals surface area contributed by atoms with E-state index in [1.807, 2.05) is 0 Å². The van der Waals surface area contributed by atoms with Crippen molar-refractivity contribution in [1.82, 2.24) is 18.5 Å². The summed E-state index contributed by atoms with van der Waals surface area (Å²) in [4.78, 5) is 51.3. The molecule has 130 valence electrons. The molecule has 0 aliphatic carbocycles. The second kappa shape index (κ2) is 5.41. The van der Waals surface area contributed by atoms with Gasteiger partial charge in [-0.1, -0.05) is 24.3 Å². The van der Waals surface area contributed by atoms with Gasteiger partial charge in [0.05, 0.1) is 21.8 Å². The second-order valence-electron chi connectivity index (χ2n) is 5.95. The number of para-hydroxylation sites is 2. The first kappa shape index (κ1) is 15.8. The van der Waals surface area contributed by atoms with Crippen LogP contribution >= 0.6 is 0 Å². The summed E-state index contributed by atoms with van der Waals surface area (Å²) < 4.78 is 3.66. The van der Waals surface area contributed by atoms with Crippen LogP contribution in [0.1, 0.15) is 0 Å². The molecular weight excluding hydrogens is 336 g/mol. The third-order valence-corrected chi connectivity index (χ3v) is 4.51. The van der Waals surface area contributed by atoms with Crippen molar-refractivity contribution in [1.29, 1.82) is 0 Å². The van der Waals surface area contributed by atoms with Crippen LogP contribution in [0.15, 0.2) is 67.7 Å². The molecule has 26 heavy (non-hydrogen) atoms. The molecule has 2 aromatic heterocycles. The molecule has 8 heteroatoms. The van der Waals surface area contributed by atoms with E-state index in [1.54, 1.807) is 48.5 Å². The van der Waals surface area contributed by atoms with Crippen molar-refractivity contribution in [2.24, 2.45) is 14.1 Å². The summed E-state index contributed by atoms with van der Waals surface area (Å²) in [6, 6.07) is 13.1. The minimum absolute atomic E-state index is 0.233. The van der Waals surface area contributed by atoms with Gasteiger partial charge in [0.15, 0.2) is 0 Å². The number of fused-ring (bicyclic) bond motifs is 2. The van der Waals surface area contributed by atoms with Crippen LogP contribution in [0.4, 0.5) is 0 Å². The molecular formula is C18H14N4O4. The third-order valence-electron chi connectivity index (χ3n) is 4.51. The van der Waals surface area contributed by atoms with Gasteiger partial charge in [-0.25, -0.2) is 9.59 Å². The Morgan fingerprint density at radius 3 is 1.31 bits per heavy atom. The Hall–Kier alpha value is -3.68. The number of rotatable bonds is 1. The van der Waals surface area contributed by atoms with E-state index >= 15 is 0 Å². The lowest BCUT2D eigenvalue weighted by atomic mass is 10.2. The van der Waals surface area contributed by atoms with Crippen molar-refractivity contribution in [3.8, 4) is 0 Å². The number of hydrogen-bond acceptors (Lipinski definition) is 4. The highest BCUT2D eigenvalue weighted by molar-refractivity contribution is 5.78. The Bertz CT molecular complexity index is 1330. The van der Waals surface area contributed by atoms with Crippen LogP contribution in [0.3, 0.4) is 0 Å². The summed E-state index contributed by atoms with van der Waals surface area (Å²) >= 11 is 0. The molecule has 0 aliphatic rings. The number of nitrogens with zero attached hydrogens (tertiary/aromatic N) is 4. The summed E-state index contributed by atoms with van der Waals surface area (Å²) in [5.74, 6) is 0. The van der Waals surface area contributed by atoms with Crippen molar-refractivity contribution in [2.75, 3.05) is 0 Å². The molecule has 2 aromatic carbocycles. The highest BCUT2D eigenvalue weighted by Crippen LogP contribution is 2.07. The van der Waals surface area contributed by atoms with Gasteiger partial charge in [-0.3, -0.25) is 18.7 Å². The molecule has 4 rings (SSSR count). The largest absolute Gasteiger partial charge is 0.351 e. The zero-order chi connectivity index (χ0) is 18.6. The average molecular weight is 350 g/mol. The van der Waals surface area contributed by atoms with E-state index in [-0.39, 0.29) is 10.8 Å². The zero-order valence-corrected chi connectivity index (χ0v) is 14.0. The number of aromatic nitrogens is 4. The normalized spacial score (nSPS) is 11.3. The Morgan fingerprint density at radius 1 is 0.577 bits per heavy atom. The van der Waals surface area contributed by atoms with E-state index in [1.165, 1.54) is 23.2 Å². The van der Waals surface area contributed by atoms with Gasteiger partial charge in [-0.05, 0) is 24.3 Å². The fraction of sp³-hybridized carbons (Fsp3) is 0.111. The van der Waals surface area contributed by atoms with Crippen LogP contribution in [-0.2, 0) is 14.1 Å². The molecule has 0 bridgehead atoms. The molecule has 8 nitrogen and oxygen atoms in total. The Labute approximate surface area is 145 Å². The maximum Gasteiger partial charge on any atom is 0.351 e. The number of hydrogen-bond donors (Lipinski definition) is 0. The minimum atomic E-state index is -0.775.